The zero-order valence-corrected chi connectivity index (χ0v) is 13.5. The topological polar surface area (TPSA) is 103 Å². The highest BCUT2D eigenvalue weighted by atomic mass is 16.6. The number of nitro groups is 1. The van der Waals surface area contributed by atoms with Gasteiger partial charge in [-0.15, -0.1) is 0 Å². The van der Waals surface area contributed by atoms with Gasteiger partial charge in [-0.3, -0.25) is 10.1 Å². The number of hydrogen-bond acceptors (Lipinski definition) is 7. The predicted octanol–water partition coefficient (Wildman–Crippen LogP) is 3.52. The van der Waals surface area contributed by atoms with E-state index in [0.29, 0.717) is 18.1 Å². The van der Waals surface area contributed by atoms with Crippen molar-refractivity contribution in [2.75, 3.05) is 11.9 Å². The van der Waals surface area contributed by atoms with E-state index in [2.05, 4.69) is 15.6 Å². The fourth-order valence-electron chi connectivity index (χ4n) is 2.22. The third-order valence-electron chi connectivity index (χ3n) is 3.49. The zero-order chi connectivity index (χ0) is 17.6. The minimum atomic E-state index is -0.432. The number of nitrogens with zero attached hydrogens (tertiary/aromatic N) is 3. The number of non-ortho nitro benzene ring substituents is 1. The van der Waals surface area contributed by atoms with Gasteiger partial charge in [-0.2, -0.15) is 0 Å². The van der Waals surface area contributed by atoms with Crippen LogP contribution in [0.15, 0.2) is 59.2 Å². The van der Waals surface area contributed by atoms with Gasteiger partial charge in [-0.05, 0) is 29.4 Å². The van der Waals surface area contributed by atoms with Crippen molar-refractivity contribution in [1.29, 1.82) is 0 Å². The predicted molar refractivity (Wildman–Crippen MR) is 91.4 cm³/mol. The molecule has 1 heterocycles. The monoisotopic (exact) mass is 340 g/mol. The number of nitro benzene ring substituents is 1. The lowest BCUT2D eigenvalue weighted by atomic mass is 10.2. The Morgan fingerprint density at radius 2 is 1.88 bits per heavy atom. The number of aromatic nitrogens is 2. The zero-order valence-electron chi connectivity index (χ0n) is 13.5. The van der Waals surface area contributed by atoms with Crippen LogP contribution in [0, 0.1) is 10.1 Å². The van der Waals surface area contributed by atoms with Crippen LogP contribution in [0.2, 0.25) is 0 Å². The van der Waals surface area contributed by atoms with Crippen LogP contribution in [0.3, 0.4) is 0 Å². The fourth-order valence-corrected chi connectivity index (χ4v) is 2.22. The summed E-state index contributed by atoms with van der Waals surface area (Å²) in [6, 6.07) is 15.7. The van der Waals surface area contributed by atoms with Crippen molar-refractivity contribution in [1.82, 2.24) is 10.3 Å². The van der Waals surface area contributed by atoms with Crippen LogP contribution in [-0.4, -0.2) is 27.9 Å². The number of ether oxygens (including phenoxy) is 1. The molecule has 8 heteroatoms. The number of nitrogens with one attached hydrogen (secondary N) is 1. The van der Waals surface area contributed by atoms with Gasteiger partial charge in [0.25, 0.3) is 11.6 Å². The van der Waals surface area contributed by atoms with Crippen LogP contribution in [0.4, 0.5) is 11.4 Å². The summed E-state index contributed by atoms with van der Waals surface area (Å²) in [6.45, 7) is 2.36. The number of rotatable bonds is 7. The molecule has 0 fully saturated rings. The summed E-state index contributed by atoms with van der Waals surface area (Å²) < 4.78 is 10.6. The standard InChI is InChI=1S/C17H16N4O4/c1-12(11-18-14-7-9-15(10-8-14)21(22)23)24-17-16(19-25-20-17)13-5-3-2-4-6-13/h2-10,12,18H,11H2,1H3. The van der Waals surface area contributed by atoms with Gasteiger partial charge < -0.3 is 10.1 Å². The van der Waals surface area contributed by atoms with Crippen LogP contribution in [-0.2, 0) is 0 Å². The van der Waals surface area contributed by atoms with Gasteiger partial charge in [-0.1, -0.05) is 30.3 Å². The van der Waals surface area contributed by atoms with Crippen LogP contribution in [0.1, 0.15) is 6.92 Å². The number of hydrogen-bond donors (Lipinski definition) is 1. The van der Waals surface area contributed by atoms with Gasteiger partial charge in [0.15, 0.2) is 5.69 Å². The van der Waals surface area contributed by atoms with Crippen molar-refractivity contribution in [2.45, 2.75) is 13.0 Å². The van der Waals surface area contributed by atoms with E-state index < -0.39 is 4.92 Å². The van der Waals surface area contributed by atoms with Crippen LogP contribution >= 0.6 is 0 Å². The quantitative estimate of drug-likeness (QED) is 0.518. The molecular weight excluding hydrogens is 324 g/mol. The first-order chi connectivity index (χ1) is 12.1. The second-order valence-electron chi connectivity index (χ2n) is 5.40. The molecule has 3 aromatic rings. The number of benzene rings is 2. The van der Waals surface area contributed by atoms with Gasteiger partial charge in [0, 0.05) is 23.4 Å². The Kier molecular flexibility index (Phi) is 4.89. The third-order valence-corrected chi connectivity index (χ3v) is 3.49. The molecule has 0 spiro atoms. The summed E-state index contributed by atoms with van der Waals surface area (Å²) in [4.78, 5) is 10.2. The van der Waals surface area contributed by atoms with E-state index in [9.17, 15) is 10.1 Å². The molecule has 0 saturated heterocycles. The summed E-state index contributed by atoms with van der Waals surface area (Å²) in [5.41, 5.74) is 2.22. The lowest BCUT2D eigenvalue weighted by molar-refractivity contribution is -0.384. The van der Waals surface area contributed by atoms with E-state index in [1.807, 2.05) is 37.3 Å². The molecule has 1 unspecified atom stereocenters. The van der Waals surface area contributed by atoms with Crippen LogP contribution in [0.25, 0.3) is 11.3 Å². The molecule has 0 aliphatic rings. The van der Waals surface area contributed by atoms with E-state index in [4.69, 9.17) is 9.37 Å². The normalized spacial score (nSPS) is 11.7. The minimum Gasteiger partial charge on any atom is -0.469 e. The molecule has 8 nitrogen and oxygen atoms in total. The Bertz CT molecular complexity index is 833. The molecule has 25 heavy (non-hydrogen) atoms. The molecular formula is C17H16N4O4. The molecule has 0 radical (unpaired) electrons. The molecule has 0 saturated carbocycles. The van der Waals surface area contributed by atoms with Crippen molar-refractivity contribution < 1.29 is 14.3 Å². The SMILES string of the molecule is CC(CNc1ccc([N+](=O)[O-])cc1)Oc1nonc1-c1ccccc1. The molecule has 0 aliphatic carbocycles. The maximum atomic E-state index is 10.6. The first-order valence-corrected chi connectivity index (χ1v) is 7.66. The van der Waals surface area contributed by atoms with E-state index in [0.717, 1.165) is 11.3 Å². The molecule has 0 aliphatic heterocycles. The van der Waals surface area contributed by atoms with Crippen LogP contribution in [0.5, 0.6) is 5.88 Å². The molecule has 128 valence electrons. The summed E-state index contributed by atoms with van der Waals surface area (Å²) in [5, 5.41) is 21.5. The Labute approximate surface area is 143 Å². The van der Waals surface area contributed by atoms with Crippen LogP contribution < -0.4 is 10.1 Å². The Balaban J connectivity index is 1.59. The van der Waals surface area contributed by atoms with Crippen molar-refractivity contribution in [3.05, 3.63) is 64.7 Å². The smallest absolute Gasteiger partial charge is 0.284 e. The largest absolute Gasteiger partial charge is 0.469 e. The van der Waals surface area contributed by atoms with Gasteiger partial charge in [0.1, 0.15) is 6.10 Å². The molecule has 1 aromatic heterocycles. The van der Waals surface area contributed by atoms with E-state index in [1.54, 1.807) is 12.1 Å². The average Bonchev–Trinajstić information content (AvgIpc) is 3.09. The highest BCUT2D eigenvalue weighted by molar-refractivity contribution is 5.63. The molecule has 0 bridgehead atoms. The summed E-state index contributed by atoms with van der Waals surface area (Å²) >= 11 is 0. The van der Waals surface area contributed by atoms with Gasteiger partial charge >= 0.3 is 0 Å². The lowest BCUT2D eigenvalue weighted by Crippen LogP contribution is -2.23. The van der Waals surface area contributed by atoms with Crippen molar-refractivity contribution in [2.24, 2.45) is 0 Å². The van der Waals surface area contributed by atoms with Gasteiger partial charge in [0.05, 0.1) is 11.5 Å². The molecule has 1 atom stereocenters. The molecule has 0 amide bonds. The first-order valence-electron chi connectivity index (χ1n) is 7.66. The second kappa shape index (κ2) is 7.43. The first kappa shape index (κ1) is 16.4. The van der Waals surface area contributed by atoms with Gasteiger partial charge in [-0.25, -0.2) is 4.63 Å². The van der Waals surface area contributed by atoms with Gasteiger partial charge in [0.2, 0.25) is 0 Å². The fraction of sp³-hybridized carbons (Fsp3) is 0.176. The maximum Gasteiger partial charge on any atom is 0.284 e. The van der Waals surface area contributed by atoms with Crippen molar-refractivity contribution >= 4 is 11.4 Å². The number of anilines is 1. The maximum absolute atomic E-state index is 10.6. The minimum absolute atomic E-state index is 0.0519. The Hall–Kier alpha value is -3.42. The molecule has 1 N–H and O–H groups in total. The van der Waals surface area contributed by atoms with E-state index in [-0.39, 0.29) is 11.8 Å². The lowest BCUT2D eigenvalue weighted by Gasteiger charge is -2.14. The highest BCUT2D eigenvalue weighted by Gasteiger charge is 2.16. The van der Waals surface area contributed by atoms with Crippen molar-refractivity contribution in [3.63, 3.8) is 0 Å². The highest BCUT2D eigenvalue weighted by Crippen LogP contribution is 2.26. The Morgan fingerprint density at radius 3 is 2.56 bits per heavy atom. The second-order valence-corrected chi connectivity index (χ2v) is 5.40. The van der Waals surface area contributed by atoms with Crippen molar-refractivity contribution in [3.8, 4) is 17.1 Å². The summed E-state index contributed by atoms with van der Waals surface area (Å²) in [6.07, 6.45) is -0.218. The third kappa shape index (κ3) is 4.11. The van der Waals surface area contributed by atoms with E-state index >= 15 is 0 Å². The summed E-state index contributed by atoms with van der Waals surface area (Å²) in [7, 11) is 0. The molecule has 2 aromatic carbocycles. The Morgan fingerprint density at radius 1 is 1.16 bits per heavy atom. The summed E-state index contributed by atoms with van der Waals surface area (Å²) in [5.74, 6) is 0.323. The van der Waals surface area contributed by atoms with E-state index in [1.165, 1.54) is 12.1 Å². The molecule has 3 rings (SSSR count). The average molecular weight is 340 g/mol.